The summed E-state index contributed by atoms with van der Waals surface area (Å²) in [6, 6.07) is 50.9. The predicted molar refractivity (Wildman–Crippen MR) is 291 cm³/mol. The lowest BCUT2D eigenvalue weighted by Gasteiger charge is -2.46. The molecule has 4 amide bonds. The Hall–Kier alpha value is -8.74. The topological polar surface area (TPSA) is 159 Å². The Morgan fingerprint density at radius 1 is 0.727 bits per heavy atom. The van der Waals surface area contributed by atoms with E-state index in [1.54, 1.807) is 55.6 Å². The Bertz CT molecular complexity index is 3350. The van der Waals surface area contributed by atoms with E-state index >= 15 is 19.2 Å². The first-order chi connectivity index (χ1) is 37.7. The van der Waals surface area contributed by atoms with Crippen LogP contribution in [0.2, 0.25) is 0 Å². The van der Waals surface area contributed by atoms with Crippen molar-refractivity contribution in [1.82, 2.24) is 10.2 Å². The van der Waals surface area contributed by atoms with Gasteiger partial charge in [0.05, 0.1) is 56.7 Å². The number of fused-ring (bicyclic) bond motifs is 3. The van der Waals surface area contributed by atoms with Gasteiger partial charge >= 0.3 is 12.0 Å². The number of carbonyl (C=O) groups excluding carboxylic acids is 4. The molecule has 14 nitrogen and oxygen atoms in total. The summed E-state index contributed by atoms with van der Waals surface area (Å²) in [5.74, 6) is 3.93. The standard InChI is InChI=1S/C63H57N5O9/c1-41(44-13-6-3-7-14-44)64-62(73)67-53-32-25-43(22-21-42-23-30-50(74-2)31-24-42)39-52(53)63(61(67)72)54(59(70)65-48-26-28-49(29-27-48)66-33-36-75-37-34-66)56-60(71)77-57(46-17-10-5-11-18-46)55(45-15-8-4-9-16-45)68(56)58(63)47-19-12-20-51(40-47)76-38-35-69/h3-20,23-32,39-41,54-58,69H,33-38H2,1-2H3,(H,64,73)(H,65,70)/t41-,54+,55+,56?,57-,58-,63-/m0/s1. The van der Waals surface area contributed by atoms with Gasteiger partial charge in [-0.1, -0.05) is 115 Å². The van der Waals surface area contributed by atoms with Crippen molar-refractivity contribution in [2.75, 3.05) is 61.7 Å². The van der Waals surface area contributed by atoms with Crippen molar-refractivity contribution < 1.29 is 43.2 Å². The summed E-state index contributed by atoms with van der Waals surface area (Å²) in [5, 5.41) is 16.2. The lowest BCUT2D eigenvalue weighted by molar-refractivity contribution is -0.177. The van der Waals surface area contributed by atoms with Crippen molar-refractivity contribution in [1.29, 1.82) is 0 Å². The van der Waals surface area contributed by atoms with E-state index in [4.69, 9.17) is 18.9 Å². The van der Waals surface area contributed by atoms with Gasteiger partial charge in [-0.2, -0.15) is 0 Å². The molecule has 3 N–H and O–H groups in total. The number of nitrogens with zero attached hydrogens (tertiary/aromatic N) is 3. The third-order valence-corrected chi connectivity index (χ3v) is 15.1. The van der Waals surface area contributed by atoms with Crippen LogP contribution in [-0.2, 0) is 29.3 Å². The van der Waals surface area contributed by atoms with Crippen LogP contribution in [0.4, 0.5) is 21.9 Å². The molecule has 4 heterocycles. The predicted octanol–water partition coefficient (Wildman–Crippen LogP) is 9.08. The number of morpholine rings is 2. The SMILES string of the molecule is COc1ccc(C#Cc2ccc3c(c2)[C@@]2(C(=O)N3C(=O)N[C@@H](C)c3ccccc3)[C@H](c3cccc(OCCO)c3)N3C(C(=O)O[C@@H](c4ccccc4)[C@H]3c3ccccc3)[C@@H]2C(=O)Nc2ccc(N3CCOCC3)cc2)cc1. The maximum atomic E-state index is 16.9. The number of aliphatic hydroxyl groups is 1. The van der Waals surface area contributed by atoms with E-state index in [1.165, 1.54) is 0 Å². The molecule has 3 saturated heterocycles. The van der Waals surface area contributed by atoms with Gasteiger partial charge in [-0.25, -0.2) is 9.69 Å². The van der Waals surface area contributed by atoms with Crippen LogP contribution in [0, 0.1) is 17.8 Å². The molecule has 7 aromatic carbocycles. The van der Waals surface area contributed by atoms with Crippen LogP contribution >= 0.6 is 0 Å². The Balaban J connectivity index is 1.17. The highest BCUT2D eigenvalue weighted by Crippen LogP contribution is 2.66. The number of hydrogen-bond donors (Lipinski definition) is 3. The van der Waals surface area contributed by atoms with E-state index in [0.717, 1.165) is 21.7 Å². The van der Waals surface area contributed by atoms with Crippen molar-refractivity contribution in [3.8, 4) is 23.3 Å². The number of methoxy groups -OCH3 is 1. The van der Waals surface area contributed by atoms with E-state index in [-0.39, 0.29) is 18.9 Å². The second kappa shape index (κ2) is 21.8. The highest BCUT2D eigenvalue weighted by molar-refractivity contribution is 6.25. The maximum absolute atomic E-state index is 16.9. The zero-order chi connectivity index (χ0) is 53.0. The van der Waals surface area contributed by atoms with E-state index in [1.807, 2.05) is 145 Å². The van der Waals surface area contributed by atoms with Gasteiger partial charge in [0.25, 0.3) is 0 Å². The molecule has 0 saturated carbocycles. The Kier molecular flexibility index (Phi) is 14.3. The molecular weight excluding hydrogens is 971 g/mol. The van der Waals surface area contributed by atoms with E-state index < -0.39 is 65.4 Å². The average Bonchev–Trinajstić information content (AvgIpc) is 4.12. The fourth-order valence-electron chi connectivity index (χ4n) is 11.6. The lowest BCUT2D eigenvalue weighted by atomic mass is 9.65. The zero-order valence-electron chi connectivity index (χ0n) is 42.6. The molecule has 7 aromatic rings. The largest absolute Gasteiger partial charge is 0.497 e. The number of rotatable bonds is 12. The third kappa shape index (κ3) is 9.54. The van der Waals surface area contributed by atoms with Crippen LogP contribution < -0.4 is 29.9 Å². The van der Waals surface area contributed by atoms with Gasteiger partial charge < -0.3 is 39.6 Å². The molecule has 1 unspecified atom stereocenters. The fourth-order valence-corrected chi connectivity index (χ4v) is 11.6. The van der Waals surface area contributed by atoms with Crippen LogP contribution in [0.5, 0.6) is 11.5 Å². The number of imide groups is 1. The van der Waals surface area contributed by atoms with Gasteiger partial charge in [-0.05, 0) is 114 Å². The molecule has 7 atom stereocenters. The number of carbonyl (C=O) groups is 4. The average molecular weight is 1030 g/mol. The van der Waals surface area contributed by atoms with Crippen molar-refractivity contribution in [2.45, 2.75) is 42.6 Å². The number of urea groups is 1. The number of benzene rings is 7. The van der Waals surface area contributed by atoms with Gasteiger partial charge in [0.15, 0.2) is 0 Å². The summed E-state index contributed by atoms with van der Waals surface area (Å²) in [7, 11) is 1.59. The number of esters is 1. The monoisotopic (exact) mass is 1030 g/mol. The Morgan fingerprint density at radius 2 is 1.38 bits per heavy atom. The molecule has 14 heteroatoms. The molecule has 11 rings (SSSR count). The number of ether oxygens (including phenoxy) is 4. The summed E-state index contributed by atoms with van der Waals surface area (Å²) in [4.78, 5) is 69.5. The first-order valence-corrected chi connectivity index (χ1v) is 25.8. The smallest absolute Gasteiger partial charge is 0.329 e. The minimum atomic E-state index is -2.07. The summed E-state index contributed by atoms with van der Waals surface area (Å²) < 4.78 is 23.8. The van der Waals surface area contributed by atoms with E-state index in [2.05, 4.69) is 27.4 Å². The minimum absolute atomic E-state index is 0.0262. The van der Waals surface area contributed by atoms with E-state index in [9.17, 15) is 5.11 Å². The summed E-state index contributed by atoms with van der Waals surface area (Å²) in [6.45, 7) is 4.14. The van der Waals surface area contributed by atoms with Crippen molar-refractivity contribution in [2.24, 2.45) is 5.92 Å². The molecule has 0 aliphatic carbocycles. The van der Waals surface area contributed by atoms with Crippen LogP contribution in [-0.4, -0.2) is 86.5 Å². The molecule has 77 heavy (non-hydrogen) atoms. The second-order valence-corrected chi connectivity index (χ2v) is 19.5. The van der Waals surface area contributed by atoms with Crippen LogP contribution in [0.15, 0.2) is 182 Å². The summed E-state index contributed by atoms with van der Waals surface area (Å²) in [6.07, 6.45) is -0.936. The number of hydrogen-bond acceptors (Lipinski definition) is 11. The number of aliphatic hydroxyl groups excluding tert-OH is 1. The van der Waals surface area contributed by atoms with Gasteiger partial charge in [0, 0.05) is 35.6 Å². The Labute approximate surface area is 447 Å². The first kappa shape index (κ1) is 50.4. The van der Waals surface area contributed by atoms with Gasteiger partial charge in [0.2, 0.25) is 11.8 Å². The molecule has 388 valence electrons. The van der Waals surface area contributed by atoms with Crippen LogP contribution in [0.25, 0.3) is 0 Å². The molecule has 3 fully saturated rings. The molecule has 0 radical (unpaired) electrons. The summed E-state index contributed by atoms with van der Waals surface area (Å²) in [5.41, 5.74) is 3.77. The maximum Gasteiger partial charge on any atom is 0.329 e. The minimum Gasteiger partial charge on any atom is -0.497 e. The first-order valence-electron chi connectivity index (χ1n) is 25.8. The number of amides is 4. The van der Waals surface area contributed by atoms with Crippen molar-refractivity contribution in [3.63, 3.8) is 0 Å². The number of nitrogens with one attached hydrogen (secondary N) is 2. The number of cyclic esters (lactones) is 1. The quantitative estimate of drug-likeness (QED) is 0.0792. The van der Waals surface area contributed by atoms with Crippen LogP contribution in [0.3, 0.4) is 0 Å². The van der Waals surface area contributed by atoms with E-state index in [0.29, 0.717) is 71.3 Å². The molecule has 4 aliphatic rings. The molecule has 1 spiro atoms. The Morgan fingerprint density at radius 3 is 2.06 bits per heavy atom. The van der Waals surface area contributed by atoms with Crippen molar-refractivity contribution >= 4 is 40.9 Å². The van der Waals surface area contributed by atoms with Crippen molar-refractivity contribution in [3.05, 3.63) is 221 Å². The summed E-state index contributed by atoms with van der Waals surface area (Å²) >= 11 is 0. The normalized spacial score (nSPS) is 22.0. The van der Waals surface area contributed by atoms with Gasteiger partial charge in [-0.15, -0.1) is 0 Å². The number of anilines is 3. The van der Waals surface area contributed by atoms with Gasteiger partial charge in [0.1, 0.15) is 35.7 Å². The van der Waals surface area contributed by atoms with Gasteiger partial charge in [-0.3, -0.25) is 19.3 Å². The molecule has 0 aromatic heterocycles. The highest BCUT2D eigenvalue weighted by Gasteiger charge is 2.75. The molecular formula is C63H57N5O9. The van der Waals surface area contributed by atoms with Crippen LogP contribution in [0.1, 0.15) is 70.1 Å². The molecule has 4 aliphatic heterocycles. The highest BCUT2D eigenvalue weighted by atomic mass is 16.6. The lowest BCUT2D eigenvalue weighted by Crippen LogP contribution is -2.55. The molecule has 0 bridgehead atoms. The third-order valence-electron chi connectivity index (χ3n) is 15.1. The zero-order valence-corrected chi connectivity index (χ0v) is 42.6. The second-order valence-electron chi connectivity index (χ2n) is 19.5. The fraction of sp³-hybridized carbons (Fsp3) is 0.238.